The fourth-order valence-corrected chi connectivity index (χ4v) is 4.07. The van der Waals surface area contributed by atoms with E-state index >= 15 is 0 Å². The van der Waals surface area contributed by atoms with Gasteiger partial charge in [-0.15, -0.1) is 0 Å². The Balaban J connectivity index is 1.65. The van der Waals surface area contributed by atoms with Crippen LogP contribution in [0.25, 0.3) is 0 Å². The normalized spacial score (nSPS) is 14.5. The van der Waals surface area contributed by atoms with Gasteiger partial charge in [0.1, 0.15) is 29.9 Å². The summed E-state index contributed by atoms with van der Waals surface area (Å²) in [6.45, 7) is 2.79. The molecule has 5 nitrogen and oxygen atoms in total. The van der Waals surface area contributed by atoms with Crippen LogP contribution in [-0.2, 0) is 23.5 Å². The van der Waals surface area contributed by atoms with Crippen molar-refractivity contribution in [3.05, 3.63) is 83.9 Å². The van der Waals surface area contributed by atoms with Gasteiger partial charge in [-0.05, 0) is 11.6 Å². The van der Waals surface area contributed by atoms with Crippen LogP contribution in [0.4, 0.5) is 8.78 Å². The molecule has 0 bridgehead atoms. The van der Waals surface area contributed by atoms with Crippen LogP contribution >= 0.6 is 11.8 Å². The second-order valence-corrected chi connectivity index (χ2v) is 8.14. The van der Waals surface area contributed by atoms with Crippen LogP contribution in [-0.4, -0.2) is 37.5 Å². The summed E-state index contributed by atoms with van der Waals surface area (Å²) >= 11 is 1.45. The Hall–Kier alpha value is -2.29. The molecule has 29 heavy (non-hydrogen) atoms. The molecule has 154 valence electrons. The Kier molecular flexibility index (Phi) is 7.35. The molecule has 0 amide bonds. The molecule has 0 saturated carbocycles. The molecule has 0 aliphatic heterocycles. The van der Waals surface area contributed by atoms with Crippen LogP contribution in [0.2, 0.25) is 0 Å². The van der Waals surface area contributed by atoms with E-state index in [0.29, 0.717) is 19.0 Å². The lowest BCUT2D eigenvalue weighted by Gasteiger charge is -2.34. The molecule has 8 heteroatoms. The number of hydrogen-bond donors (Lipinski definition) is 1. The number of thioether (sulfide) groups is 1. The predicted molar refractivity (Wildman–Crippen MR) is 108 cm³/mol. The number of benzene rings is 2. The van der Waals surface area contributed by atoms with E-state index in [1.54, 1.807) is 0 Å². The monoisotopic (exact) mass is 419 g/mol. The third kappa shape index (κ3) is 5.62. The second kappa shape index (κ2) is 9.96. The van der Waals surface area contributed by atoms with Gasteiger partial charge < -0.3 is 9.84 Å². The van der Waals surface area contributed by atoms with E-state index < -0.39 is 22.5 Å². The Morgan fingerprint density at radius 3 is 2.69 bits per heavy atom. The Morgan fingerprint density at radius 2 is 2.00 bits per heavy atom. The minimum Gasteiger partial charge on any atom is -0.382 e. The maximum atomic E-state index is 14.5. The molecule has 0 unspecified atom stereocenters. The highest BCUT2D eigenvalue weighted by Crippen LogP contribution is 2.36. The second-order valence-electron chi connectivity index (χ2n) is 6.69. The van der Waals surface area contributed by atoms with Crippen molar-refractivity contribution in [2.45, 2.75) is 30.9 Å². The first-order chi connectivity index (χ1) is 14.0. The summed E-state index contributed by atoms with van der Waals surface area (Å²) in [7, 11) is 0. The highest BCUT2D eigenvalue weighted by molar-refractivity contribution is 7.99. The van der Waals surface area contributed by atoms with Gasteiger partial charge in [-0.3, -0.25) is 0 Å². The van der Waals surface area contributed by atoms with Crippen LogP contribution in [0.5, 0.6) is 0 Å². The first-order valence-corrected chi connectivity index (χ1v) is 10.3. The Labute approximate surface area is 172 Å². The van der Waals surface area contributed by atoms with Crippen molar-refractivity contribution < 1.29 is 18.6 Å². The summed E-state index contributed by atoms with van der Waals surface area (Å²) < 4.78 is 35.0. The lowest BCUT2D eigenvalue weighted by molar-refractivity contribution is 0.0132. The van der Waals surface area contributed by atoms with Crippen LogP contribution in [0.3, 0.4) is 0 Å². The third-order valence-corrected chi connectivity index (χ3v) is 5.94. The highest BCUT2D eigenvalue weighted by atomic mass is 32.2. The first-order valence-electron chi connectivity index (χ1n) is 9.22. The Morgan fingerprint density at radius 1 is 1.21 bits per heavy atom. The van der Waals surface area contributed by atoms with Gasteiger partial charge >= 0.3 is 0 Å². The predicted octanol–water partition coefficient (Wildman–Crippen LogP) is 3.78. The smallest absolute Gasteiger partial charge is 0.137 e. The SMILES string of the molecule is C[C@@H](SCCOCc1ccccc1)[C@](O)(Cn1cncn1)c1ccc(F)cc1F. The van der Waals surface area contributed by atoms with Gasteiger partial charge in [0, 0.05) is 22.6 Å². The molecule has 0 saturated heterocycles. The number of ether oxygens (including phenoxy) is 1. The molecule has 1 heterocycles. The fourth-order valence-electron chi connectivity index (χ4n) is 3.02. The molecule has 0 radical (unpaired) electrons. The lowest BCUT2D eigenvalue weighted by Crippen LogP contribution is -2.41. The number of aliphatic hydroxyl groups is 1. The van der Waals surface area contributed by atoms with Gasteiger partial charge in [0.05, 0.1) is 19.8 Å². The third-order valence-electron chi connectivity index (χ3n) is 4.65. The van der Waals surface area contributed by atoms with E-state index in [4.69, 9.17) is 4.74 Å². The first kappa shape index (κ1) is 21.4. The summed E-state index contributed by atoms with van der Waals surface area (Å²) in [5.41, 5.74) is -0.489. The van der Waals surface area contributed by atoms with Crippen molar-refractivity contribution in [2.24, 2.45) is 0 Å². The van der Waals surface area contributed by atoms with Gasteiger partial charge in [0.25, 0.3) is 0 Å². The summed E-state index contributed by atoms with van der Waals surface area (Å²) in [6.07, 6.45) is 2.80. The summed E-state index contributed by atoms with van der Waals surface area (Å²) in [5.74, 6) is -0.874. The van der Waals surface area contributed by atoms with E-state index in [2.05, 4.69) is 10.1 Å². The molecule has 0 aliphatic carbocycles. The quantitative estimate of drug-likeness (QED) is 0.507. The van der Waals surface area contributed by atoms with Crippen molar-refractivity contribution in [3.63, 3.8) is 0 Å². The molecule has 1 N–H and O–H groups in total. The molecule has 2 atom stereocenters. The maximum absolute atomic E-state index is 14.5. The van der Waals surface area contributed by atoms with Gasteiger partial charge in [-0.2, -0.15) is 16.9 Å². The molecule has 0 fully saturated rings. The van der Waals surface area contributed by atoms with Crippen molar-refractivity contribution in [1.82, 2.24) is 14.8 Å². The largest absolute Gasteiger partial charge is 0.382 e. The maximum Gasteiger partial charge on any atom is 0.137 e. The minimum atomic E-state index is -1.60. The average Bonchev–Trinajstić information content (AvgIpc) is 3.21. The van der Waals surface area contributed by atoms with Gasteiger partial charge in [0.2, 0.25) is 0 Å². The zero-order valence-electron chi connectivity index (χ0n) is 16.0. The highest BCUT2D eigenvalue weighted by Gasteiger charge is 2.39. The molecular formula is C21H23F2N3O2S. The summed E-state index contributed by atoms with van der Waals surface area (Å²) in [5, 5.41) is 15.0. The van der Waals surface area contributed by atoms with E-state index in [0.717, 1.165) is 17.7 Å². The number of halogens is 2. The van der Waals surface area contributed by atoms with Gasteiger partial charge in [-0.1, -0.05) is 43.3 Å². The number of nitrogens with zero attached hydrogens (tertiary/aromatic N) is 3. The number of hydrogen-bond acceptors (Lipinski definition) is 5. The van der Waals surface area contributed by atoms with Gasteiger partial charge in [-0.25, -0.2) is 18.4 Å². The van der Waals surface area contributed by atoms with Crippen molar-refractivity contribution >= 4 is 11.8 Å². The molecule has 2 aromatic carbocycles. The molecular weight excluding hydrogens is 396 g/mol. The van der Waals surface area contributed by atoms with Crippen LogP contribution < -0.4 is 0 Å². The van der Waals surface area contributed by atoms with E-state index in [1.165, 1.54) is 35.2 Å². The average molecular weight is 419 g/mol. The molecule has 3 aromatic rings. The molecule has 0 aliphatic rings. The minimum absolute atomic E-state index is 0.00537. The van der Waals surface area contributed by atoms with Crippen molar-refractivity contribution in [3.8, 4) is 0 Å². The van der Waals surface area contributed by atoms with Crippen molar-refractivity contribution in [2.75, 3.05) is 12.4 Å². The van der Waals surface area contributed by atoms with E-state index in [9.17, 15) is 13.9 Å². The zero-order chi connectivity index (χ0) is 20.7. The summed E-state index contributed by atoms with van der Waals surface area (Å²) in [6, 6.07) is 13.0. The van der Waals surface area contributed by atoms with Crippen LogP contribution in [0, 0.1) is 11.6 Å². The van der Waals surface area contributed by atoms with Crippen LogP contribution in [0.1, 0.15) is 18.1 Å². The Bertz CT molecular complexity index is 896. The molecule has 3 rings (SSSR count). The van der Waals surface area contributed by atoms with E-state index in [1.807, 2.05) is 37.3 Å². The lowest BCUT2D eigenvalue weighted by atomic mass is 9.90. The summed E-state index contributed by atoms with van der Waals surface area (Å²) in [4.78, 5) is 3.87. The molecule has 1 aromatic heterocycles. The number of aromatic nitrogens is 3. The number of rotatable bonds is 10. The standard InChI is InChI=1S/C21H23F2N3O2S/c1-16(29-10-9-28-12-17-5-3-2-4-6-17)21(27,13-26-15-24-14-25-26)19-8-7-18(22)11-20(19)23/h2-8,11,14-16,27H,9-10,12-13H2,1H3/t16-,21-/m1/s1. The van der Waals surface area contributed by atoms with E-state index in [-0.39, 0.29) is 12.1 Å². The van der Waals surface area contributed by atoms with Crippen LogP contribution in [0.15, 0.2) is 61.2 Å². The van der Waals surface area contributed by atoms with Crippen molar-refractivity contribution in [1.29, 1.82) is 0 Å². The zero-order valence-corrected chi connectivity index (χ0v) is 16.9. The molecule has 0 spiro atoms. The topological polar surface area (TPSA) is 60.2 Å². The van der Waals surface area contributed by atoms with Gasteiger partial charge in [0.15, 0.2) is 0 Å². The fraction of sp³-hybridized carbons (Fsp3) is 0.333.